The van der Waals surface area contributed by atoms with E-state index in [1.165, 1.54) is 6.07 Å². The Kier molecular flexibility index (Phi) is 4.60. The molecule has 0 spiro atoms. The first kappa shape index (κ1) is 12.0. The first-order valence-corrected chi connectivity index (χ1v) is 5.56. The molecule has 0 saturated carbocycles. The lowest BCUT2D eigenvalue weighted by atomic mass is 10.1. The highest BCUT2D eigenvalue weighted by atomic mass is 19.1. The molecule has 84 valence electrons. The molecule has 0 aliphatic rings. The van der Waals surface area contributed by atoms with E-state index in [0.717, 1.165) is 12.8 Å². The van der Waals surface area contributed by atoms with Crippen molar-refractivity contribution in [2.24, 2.45) is 5.92 Å². The van der Waals surface area contributed by atoms with Crippen molar-refractivity contribution in [1.29, 1.82) is 0 Å². The fourth-order valence-electron chi connectivity index (χ4n) is 1.40. The third kappa shape index (κ3) is 3.54. The fraction of sp³-hybridized carbons (Fsp3) is 0.538. The van der Waals surface area contributed by atoms with Crippen LogP contribution in [0, 0.1) is 18.7 Å². The molecule has 0 heterocycles. The summed E-state index contributed by atoms with van der Waals surface area (Å²) in [7, 11) is 0. The standard InChI is InChI=1S/C13H19FO/c1-4-11(5-2)9-15-12-7-6-10(3)13(14)8-12/h6-8,11H,4-5,9H2,1-3H3. The molecule has 15 heavy (non-hydrogen) atoms. The summed E-state index contributed by atoms with van der Waals surface area (Å²) in [6.45, 7) is 6.72. The molecule has 0 aliphatic heterocycles. The van der Waals surface area contributed by atoms with E-state index in [1.807, 2.05) is 6.07 Å². The second kappa shape index (κ2) is 5.74. The SMILES string of the molecule is CCC(CC)COc1ccc(C)c(F)c1. The molecule has 0 aromatic heterocycles. The van der Waals surface area contributed by atoms with Crippen LogP contribution in [0.15, 0.2) is 18.2 Å². The molecule has 0 unspecified atom stereocenters. The van der Waals surface area contributed by atoms with Crippen LogP contribution >= 0.6 is 0 Å². The lowest BCUT2D eigenvalue weighted by molar-refractivity contribution is 0.239. The highest BCUT2D eigenvalue weighted by Crippen LogP contribution is 2.17. The third-order valence-electron chi connectivity index (χ3n) is 2.78. The molecule has 0 aliphatic carbocycles. The van der Waals surface area contributed by atoms with E-state index in [4.69, 9.17) is 4.74 Å². The monoisotopic (exact) mass is 210 g/mol. The van der Waals surface area contributed by atoms with E-state index in [9.17, 15) is 4.39 Å². The van der Waals surface area contributed by atoms with Crippen molar-refractivity contribution in [1.82, 2.24) is 0 Å². The van der Waals surface area contributed by atoms with Crippen LogP contribution in [-0.2, 0) is 0 Å². The molecule has 1 aromatic carbocycles. The van der Waals surface area contributed by atoms with Crippen molar-refractivity contribution in [3.63, 3.8) is 0 Å². The van der Waals surface area contributed by atoms with Crippen LogP contribution < -0.4 is 4.74 Å². The van der Waals surface area contributed by atoms with Gasteiger partial charge in [0.2, 0.25) is 0 Å². The van der Waals surface area contributed by atoms with E-state index in [1.54, 1.807) is 13.0 Å². The van der Waals surface area contributed by atoms with Crippen LogP contribution in [0.1, 0.15) is 32.3 Å². The van der Waals surface area contributed by atoms with Gasteiger partial charge >= 0.3 is 0 Å². The molecular weight excluding hydrogens is 191 g/mol. The molecule has 1 nitrogen and oxygen atoms in total. The van der Waals surface area contributed by atoms with Gasteiger partial charge in [-0.3, -0.25) is 0 Å². The van der Waals surface area contributed by atoms with Crippen LogP contribution in [0.3, 0.4) is 0 Å². The molecule has 1 rings (SSSR count). The van der Waals surface area contributed by atoms with Crippen LogP contribution in [0.5, 0.6) is 5.75 Å². The Balaban J connectivity index is 2.54. The normalized spacial score (nSPS) is 10.7. The minimum absolute atomic E-state index is 0.197. The highest BCUT2D eigenvalue weighted by molar-refractivity contribution is 5.27. The maximum atomic E-state index is 13.2. The second-order valence-electron chi connectivity index (χ2n) is 3.90. The topological polar surface area (TPSA) is 9.23 Å². The number of halogens is 1. The lowest BCUT2D eigenvalue weighted by Gasteiger charge is -2.13. The van der Waals surface area contributed by atoms with Crippen molar-refractivity contribution in [3.8, 4) is 5.75 Å². The van der Waals surface area contributed by atoms with Gasteiger partial charge in [-0.15, -0.1) is 0 Å². The van der Waals surface area contributed by atoms with Gasteiger partial charge in [0.25, 0.3) is 0 Å². The van der Waals surface area contributed by atoms with Gasteiger partial charge in [0.1, 0.15) is 11.6 Å². The highest BCUT2D eigenvalue weighted by Gasteiger charge is 2.05. The van der Waals surface area contributed by atoms with E-state index >= 15 is 0 Å². The Hall–Kier alpha value is -1.05. The summed E-state index contributed by atoms with van der Waals surface area (Å²) in [5, 5.41) is 0. The predicted molar refractivity (Wildman–Crippen MR) is 60.7 cm³/mol. The van der Waals surface area contributed by atoms with Gasteiger partial charge in [-0.05, 0) is 24.5 Å². The third-order valence-corrected chi connectivity index (χ3v) is 2.78. The molecule has 0 saturated heterocycles. The zero-order valence-corrected chi connectivity index (χ0v) is 9.72. The molecule has 0 radical (unpaired) electrons. The Bertz CT molecular complexity index is 305. The Morgan fingerprint density at radius 2 is 1.93 bits per heavy atom. The van der Waals surface area contributed by atoms with Gasteiger partial charge in [0, 0.05) is 6.07 Å². The smallest absolute Gasteiger partial charge is 0.129 e. The minimum atomic E-state index is -0.197. The summed E-state index contributed by atoms with van der Waals surface area (Å²) in [4.78, 5) is 0. The average Bonchev–Trinajstić information content (AvgIpc) is 2.24. The Morgan fingerprint density at radius 1 is 1.27 bits per heavy atom. The van der Waals surface area contributed by atoms with E-state index in [0.29, 0.717) is 23.8 Å². The summed E-state index contributed by atoms with van der Waals surface area (Å²) in [6.07, 6.45) is 2.20. The predicted octanol–water partition coefficient (Wildman–Crippen LogP) is 3.95. The zero-order chi connectivity index (χ0) is 11.3. The first-order chi connectivity index (χ1) is 7.17. The number of hydrogen-bond acceptors (Lipinski definition) is 1. The van der Waals surface area contributed by atoms with Crippen molar-refractivity contribution < 1.29 is 9.13 Å². The van der Waals surface area contributed by atoms with Crippen molar-refractivity contribution in [3.05, 3.63) is 29.6 Å². The van der Waals surface area contributed by atoms with Gasteiger partial charge in [0.15, 0.2) is 0 Å². The molecule has 0 bridgehead atoms. The van der Waals surface area contributed by atoms with Gasteiger partial charge in [-0.25, -0.2) is 4.39 Å². The maximum absolute atomic E-state index is 13.2. The van der Waals surface area contributed by atoms with E-state index in [-0.39, 0.29) is 5.82 Å². The molecule has 0 amide bonds. The molecule has 0 fully saturated rings. The molecule has 2 heteroatoms. The summed E-state index contributed by atoms with van der Waals surface area (Å²) in [6, 6.07) is 5.02. The van der Waals surface area contributed by atoms with Crippen LogP contribution in [-0.4, -0.2) is 6.61 Å². The molecule has 0 atom stereocenters. The second-order valence-corrected chi connectivity index (χ2v) is 3.90. The number of aryl methyl sites for hydroxylation is 1. The quantitative estimate of drug-likeness (QED) is 0.715. The minimum Gasteiger partial charge on any atom is -0.493 e. The number of ether oxygens (including phenoxy) is 1. The fourth-order valence-corrected chi connectivity index (χ4v) is 1.40. The van der Waals surface area contributed by atoms with Crippen LogP contribution in [0.25, 0.3) is 0 Å². The van der Waals surface area contributed by atoms with Crippen LogP contribution in [0.2, 0.25) is 0 Å². The molecule has 0 N–H and O–H groups in total. The Labute approximate surface area is 91.3 Å². The molecular formula is C13H19FO. The van der Waals surface area contributed by atoms with E-state index < -0.39 is 0 Å². The number of benzene rings is 1. The number of hydrogen-bond donors (Lipinski definition) is 0. The summed E-state index contributed by atoms with van der Waals surface area (Å²) in [5.41, 5.74) is 0.657. The van der Waals surface area contributed by atoms with Crippen molar-refractivity contribution in [2.75, 3.05) is 6.61 Å². The van der Waals surface area contributed by atoms with E-state index in [2.05, 4.69) is 13.8 Å². The van der Waals surface area contributed by atoms with Gasteiger partial charge in [-0.2, -0.15) is 0 Å². The zero-order valence-electron chi connectivity index (χ0n) is 9.72. The van der Waals surface area contributed by atoms with Crippen molar-refractivity contribution >= 4 is 0 Å². The Morgan fingerprint density at radius 3 is 2.47 bits per heavy atom. The van der Waals surface area contributed by atoms with Crippen molar-refractivity contribution in [2.45, 2.75) is 33.6 Å². The van der Waals surface area contributed by atoms with Gasteiger partial charge < -0.3 is 4.74 Å². The average molecular weight is 210 g/mol. The largest absolute Gasteiger partial charge is 0.493 e. The molecule has 1 aromatic rings. The first-order valence-electron chi connectivity index (χ1n) is 5.56. The summed E-state index contributed by atoms with van der Waals surface area (Å²) < 4.78 is 18.7. The lowest BCUT2D eigenvalue weighted by Crippen LogP contribution is -2.10. The van der Waals surface area contributed by atoms with Crippen LogP contribution in [0.4, 0.5) is 4.39 Å². The maximum Gasteiger partial charge on any atom is 0.129 e. The van der Waals surface area contributed by atoms with Gasteiger partial charge in [-0.1, -0.05) is 32.8 Å². The van der Waals surface area contributed by atoms with Gasteiger partial charge in [0.05, 0.1) is 6.61 Å². The summed E-state index contributed by atoms with van der Waals surface area (Å²) >= 11 is 0. The summed E-state index contributed by atoms with van der Waals surface area (Å²) in [5.74, 6) is 0.997. The number of rotatable bonds is 5.